The number of hydrogen-bond donors (Lipinski definition) is 1. The molecule has 20 heavy (non-hydrogen) atoms. The van der Waals surface area contributed by atoms with Crippen molar-refractivity contribution in [3.8, 4) is 0 Å². The van der Waals surface area contributed by atoms with E-state index in [0.29, 0.717) is 12.1 Å². The van der Waals surface area contributed by atoms with Crippen molar-refractivity contribution in [2.75, 3.05) is 13.2 Å². The van der Waals surface area contributed by atoms with Crippen molar-refractivity contribution in [3.05, 3.63) is 42.0 Å². The van der Waals surface area contributed by atoms with E-state index in [1.54, 1.807) is 13.0 Å². The van der Waals surface area contributed by atoms with Gasteiger partial charge in [0.2, 0.25) is 10.0 Å². The van der Waals surface area contributed by atoms with Gasteiger partial charge in [0.05, 0.1) is 10.5 Å². The zero-order valence-corrected chi connectivity index (χ0v) is 12.4. The number of carbonyl (C=O) groups excluding carboxylic acids is 1. The fraction of sp³-hybridized carbons (Fsp3) is 0.357. The van der Waals surface area contributed by atoms with E-state index in [9.17, 15) is 13.2 Å². The van der Waals surface area contributed by atoms with Crippen molar-refractivity contribution in [2.45, 2.75) is 25.2 Å². The summed E-state index contributed by atoms with van der Waals surface area (Å²) in [7, 11) is -3.49. The fourth-order valence-electron chi connectivity index (χ4n) is 1.49. The standard InChI is InChI=1S/C14H19NO4S/c1-3-5-6-11-19-14(16)12-7-9-13(10-8-12)20(17,18)15-4-2/h5-10,15H,3-4,11H2,1-2H3. The Bertz CT molecular complexity index is 561. The number of rotatable bonds is 7. The Hall–Kier alpha value is -1.66. The van der Waals surface area contributed by atoms with Crippen LogP contribution in [0.25, 0.3) is 0 Å². The maximum atomic E-state index is 11.7. The zero-order valence-electron chi connectivity index (χ0n) is 11.6. The minimum atomic E-state index is -3.49. The van der Waals surface area contributed by atoms with E-state index in [1.807, 2.05) is 13.0 Å². The molecule has 5 nitrogen and oxygen atoms in total. The van der Waals surface area contributed by atoms with Crippen LogP contribution in [0.3, 0.4) is 0 Å². The van der Waals surface area contributed by atoms with Gasteiger partial charge in [0, 0.05) is 6.54 Å². The van der Waals surface area contributed by atoms with Crippen LogP contribution in [0.5, 0.6) is 0 Å². The molecule has 1 N–H and O–H groups in total. The number of esters is 1. The predicted molar refractivity (Wildman–Crippen MR) is 77.0 cm³/mol. The molecule has 110 valence electrons. The minimum Gasteiger partial charge on any atom is -0.458 e. The summed E-state index contributed by atoms with van der Waals surface area (Å²) in [6, 6.07) is 5.65. The number of ether oxygens (including phenoxy) is 1. The molecule has 0 aliphatic carbocycles. The summed E-state index contributed by atoms with van der Waals surface area (Å²) in [5.41, 5.74) is 0.324. The second kappa shape index (κ2) is 7.81. The highest BCUT2D eigenvalue weighted by Gasteiger charge is 2.13. The van der Waals surface area contributed by atoms with Crippen molar-refractivity contribution >= 4 is 16.0 Å². The van der Waals surface area contributed by atoms with Crippen molar-refractivity contribution in [2.24, 2.45) is 0 Å². The molecule has 1 aromatic carbocycles. The lowest BCUT2D eigenvalue weighted by Gasteiger charge is -2.06. The van der Waals surface area contributed by atoms with Crippen LogP contribution in [-0.4, -0.2) is 27.5 Å². The third-order valence-corrected chi connectivity index (χ3v) is 4.01. The minimum absolute atomic E-state index is 0.127. The van der Waals surface area contributed by atoms with E-state index in [1.165, 1.54) is 24.3 Å². The van der Waals surface area contributed by atoms with Crippen LogP contribution in [0.1, 0.15) is 30.6 Å². The molecule has 0 atom stereocenters. The molecule has 0 aliphatic heterocycles. The molecule has 0 spiro atoms. The van der Waals surface area contributed by atoms with Crippen LogP contribution in [0.15, 0.2) is 41.3 Å². The number of carbonyl (C=O) groups is 1. The van der Waals surface area contributed by atoms with Gasteiger partial charge in [0.1, 0.15) is 6.61 Å². The first kappa shape index (κ1) is 16.4. The Labute approximate surface area is 119 Å². The first-order valence-electron chi connectivity index (χ1n) is 6.43. The van der Waals surface area contributed by atoms with Crippen LogP contribution < -0.4 is 4.72 Å². The number of nitrogens with one attached hydrogen (secondary N) is 1. The third kappa shape index (κ3) is 4.79. The van der Waals surface area contributed by atoms with Crippen LogP contribution >= 0.6 is 0 Å². The molecule has 0 unspecified atom stereocenters. The number of sulfonamides is 1. The lowest BCUT2D eigenvalue weighted by Crippen LogP contribution is -2.23. The van der Waals surface area contributed by atoms with Gasteiger partial charge < -0.3 is 4.74 Å². The Morgan fingerprint density at radius 3 is 2.40 bits per heavy atom. The summed E-state index contributed by atoms with van der Waals surface area (Å²) in [4.78, 5) is 11.8. The second-order valence-electron chi connectivity index (χ2n) is 4.00. The lowest BCUT2D eigenvalue weighted by atomic mass is 10.2. The highest BCUT2D eigenvalue weighted by molar-refractivity contribution is 7.89. The van der Waals surface area contributed by atoms with E-state index >= 15 is 0 Å². The normalized spacial score (nSPS) is 11.7. The van der Waals surface area contributed by atoms with E-state index < -0.39 is 16.0 Å². The average molecular weight is 297 g/mol. The zero-order chi connectivity index (χ0) is 15.0. The van der Waals surface area contributed by atoms with Crippen molar-refractivity contribution < 1.29 is 17.9 Å². The SMILES string of the molecule is CCC=CCOC(=O)c1ccc(S(=O)(=O)NCC)cc1. The molecule has 0 aromatic heterocycles. The van der Waals surface area contributed by atoms with Gasteiger partial charge >= 0.3 is 5.97 Å². The third-order valence-electron chi connectivity index (χ3n) is 2.45. The van der Waals surface area contributed by atoms with E-state index in [0.717, 1.165) is 6.42 Å². The first-order valence-corrected chi connectivity index (χ1v) is 7.91. The average Bonchev–Trinajstić information content (AvgIpc) is 2.43. The summed E-state index contributed by atoms with van der Waals surface area (Å²) in [6.45, 7) is 4.22. The molecule has 0 heterocycles. The van der Waals surface area contributed by atoms with E-state index in [2.05, 4.69) is 4.72 Å². The topological polar surface area (TPSA) is 72.5 Å². The Kier molecular flexibility index (Phi) is 6.41. The molecule has 0 saturated heterocycles. The first-order chi connectivity index (χ1) is 9.51. The van der Waals surface area contributed by atoms with Gasteiger partial charge in [0.15, 0.2) is 0 Å². The summed E-state index contributed by atoms with van der Waals surface area (Å²) in [5, 5.41) is 0. The number of allylic oxidation sites excluding steroid dienone is 1. The maximum Gasteiger partial charge on any atom is 0.338 e. The highest BCUT2D eigenvalue weighted by Crippen LogP contribution is 2.11. The molecule has 1 aromatic rings. The van der Waals surface area contributed by atoms with Crippen molar-refractivity contribution in [1.82, 2.24) is 4.72 Å². The molecular formula is C14H19NO4S. The van der Waals surface area contributed by atoms with Gasteiger partial charge in [-0.25, -0.2) is 17.9 Å². The monoisotopic (exact) mass is 297 g/mol. The van der Waals surface area contributed by atoms with Crippen LogP contribution in [0, 0.1) is 0 Å². The molecule has 0 amide bonds. The fourth-order valence-corrected chi connectivity index (χ4v) is 2.53. The van der Waals surface area contributed by atoms with Crippen LogP contribution in [0.4, 0.5) is 0 Å². The molecule has 0 fully saturated rings. The molecule has 0 bridgehead atoms. The highest BCUT2D eigenvalue weighted by atomic mass is 32.2. The Morgan fingerprint density at radius 1 is 1.20 bits per heavy atom. The number of benzene rings is 1. The van der Waals surface area contributed by atoms with Gasteiger partial charge in [-0.3, -0.25) is 0 Å². The van der Waals surface area contributed by atoms with Gasteiger partial charge in [-0.2, -0.15) is 0 Å². The van der Waals surface area contributed by atoms with Gasteiger partial charge in [0.25, 0.3) is 0 Å². The molecule has 1 rings (SSSR count). The summed E-state index contributed by atoms with van der Waals surface area (Å²) in [5.74, 6) is -0.474. The summed E-state index contributed by atoms with van der Waals surface area (Å²) >= 11 is 0. The smallest absolute Gasteiger partial charge is 0.338 e. The second-order valence-corrected chi connectivity index (χ2v) is 5.77. The van der Waals surface area contributed by atoms with Crippen LogP contribution in [0.2, 0.25) is 0 Å². The molecule has 0 aliphatic rings. The van der Waals surface area contributed by atoms with Crippen LogP contribution in [-0.2, 0) is 14.8 Å². The van der Waals surface area contributed by atoms with Gasteiger partial charge in [-0.1, -0.05) is 26.0 Å². The molecule has 0 radical (unpaired) electrons. The van der Waals surface area contributed by atoms with Gasteiger partial charge in [-0.05, 0) is 30.7 Å². The molecule has 6 heteroatoms. The lowest BCUT2D eigenvalue weighted by molar-refractivity contribution is 0.0549. The molecular weight excluding hydrogens is 278 g/mol. The van der Waals surface area contributed by atoms with Gasteiger partial charge in [-0.15, -0.1) is 0 Å². The quantitative estimate of drug-likeness (QED) is 0.618. The van der Waals surface area contributed by atoms with E-state index in [4.69, 9.17) is 4.74 Å². The summed E-state index contributed by atoms with van der Waals surface area (Å²) < 4.78 is 30.8. The number of hydrogen-bond acceptors (Lipinski definition) is 4. The predicted octanol–water partition coefficient (Wildman–Crippen LogP) is 2.11. The molecule has 0 saturated carbocycles. The Balaban J connectivity index is 2.71. The maximum absolute atomic E-state index is 11.7. The van der Waals surface area contributed by atoms with Crippen molar-refractivity contribution in [3.63, 3.8) is 0 Å². The van der Waals surface area contributed by atoms with Crippen molar-refractivity contribution in [1.29, 1.82) is 0 Å². The largest absolute Gasteiger partial charge is 0.458 e. The Morgan fingerprint density at radius 2 is 1.85 bits per heavy atom. The van der Waals surface area contributed by atoms with E-state index in [-0.39, 0.29) is 11.5 Å². The summed E-state index contributed by atoms with van der Waals surface area (Å²) in [6.07, 6.45) is 4.55.